The van der Waals surface area contributed by atoms with Gasteiger partial charge in [-0.1, -0.05) is 90.1 Å². The molecule has 1 atom stereocenters. The summed E-state index contributed by atoms with van der Waals surface area (Å²) in [6.07, 6.45) is 3.14. The van der Waals surface area contributed by atoms with Crippen molar-refractivity contribution in [3.8, 4) is 22.5 Å². The summed E-state index contributed by atoms with van der Waals surface area (Å²) < 4.78 is 22.2. The number of ether oxygens (including phenoxy) is 1. The number of Topliss-reactive ketones (excluding diaryl/α,β-unsaturated/α-hetero) is 1. The topological polar surface area (TPSA) is 86.5 Å². The van der Waals surface area contributed by atoms with Crippen molar-refractivity contribution < 1.29 is 23.1 Å². The van der Waals surface area contributed by atoms with Crippen LogP contribution in [0.5, 0.6) is 0 Å². The number of ketones is 1. The standard InChI is InChI=1S/C25H25NO5S.C6H6/c1-4-30-24(28)25(13-14-25)20-11-9-18(10-12-20)17-5-7-19(8-6-17)23-22(16(2)26-31-23)21(27)15-32(3)29;1-2-4-6-5-3-1/h5-12H,4,13-15H2,1-3H3;1-6H. The highest BCUT2D eigenvalue weighted by atomic mass is 32.2. The molecule has 0 radical (unpaired) electrons. The Morgan fingerprint density at radius 2 is 1.39 bits per heavy atom. The molecule has 0 amide bonds. The third kappa shape index (κ3) is 6.17. The Hall–Kier alpha value is -3.84. The summed E-state index contributed by atoms with van der Waals surface area (Å²) in [6, 6.07) is 27.7. The second-order valence-electron chi connectivity index (χ2n) is 9.22. The highest BCUT2D eigenvalue weighted by Crippen LogP contribution is 2.49. The quantitative estimate of drug-likeness (QED) is 0.201. The predicted molar refractivity (Wildman–Crippen MR) is 149 cm³/mol. The van der Waals surface area contributed by atoms with Crippen LogP contribution in [-0.2, 0) is 25.7 Å². The third-order valence-electron chi connectivity index (χ3n) is 6.48. The van der Waals surface area contributed by atoms with Crippen molar-refractivity contribution in [1.29, 1.82) is 0 Å². The molecule has 7 heteroatoms. The number of aromatic nitrogens is 1. The van der Waals surface area contributed by atoms with Crippen LogP contribution in [0, 0.1) is 6.92 Å². The minimum Gasteiger partial charge on any atom is -0.465 e. The number of aryl methyl sites for hydroxylation is 1. The lowest BCUT2D eigenvalue weighted by Crippen LogP contribution is -2.23. The van der Waals surface area contributed by atoms with E-state index in [1.54, 1.807) is 6.92 Å². The molecule has 3 aromatic carbocycles. The van der Waals surface area contributed by atoms with E-state index in [4.69, 9.17) is 9.26 Å². The number of rotatable bonds is 8. The van der Waals surface area contributed by atoms with Gasteiger partial charge in [0.2, 0.25) is 0 Å². The summed E-state index contributed by atoms with van der Waals surface area (Å²) in [7, 11) is -1.24. The Labute approximate surface area is 225 Å². The van der Waals surface area contributed by atoms with Gasteiger partial charge in [-0.2, -0.15) is 0 Å². The normalized spacial score (nSPS) is 14.1. The molecule has 5 rings (SSSR count). The molecule has 1 aromatic heterocycles. The number of esters is 1. The molecule has 6 nitrogen and oxygen atoms in total. The van der Waals surface area contributed by atoms with Crippen LogP contribution < -0.4 is 0 Å². The van der Waals surface area contributed by atoms with Crippen LogP contribution in [0.15, 0.2) is 89.5 Å². The van der Waals surface area contributed by atoms with Crippen LogP contribution in [0.25, 0.3) is 22.5 Å². The van der Waals surface area contributed by atoms with Crippen LogP contribution in [0.2, 0.25) is 0 Å². The highest BCUT2D eigenvalue weighted by Gasteiger charge is 2.52. The van der Waals surface area contributed by atoms with Gasteiger partial charge in [-0.05, 0) is 43.4 Å². The maximum absolute atomic E-state index is 12.5. The Morgan fingerprint density at radius 1 is 0.895 bits per heavy atom. The fourth-order valence-corrected chi connectivity index (χ4v) is 4.85. The minimum absolute atomic E-state index is 0.0627. The maximum Gasteiger partial charge on any atom is 0.316 e. The molecule has 0 N–H and O–H groups in total. The molecule has 38 heavy (non-hydrogen) atoms. The van der Waals surface area contributed by atoms with Crippen LogP contribution in [0.3, 0.4) is 0 Å². The van der Waals surface area contributed by atoms with E-state index >= 15 is 0 Å². The van der Waals surface area contributed by atoms with Crippen molar-refractivity contribution in [2.45, 2.75) is 32.1 Å². The van der Waals surface area contributed by atoms with Gasteiger partial charge in [-0.15, -0.1) is 0 Å². The van der Waals surface area contributed by atoms with Gasteiger partial charge in [0.1, 0.15) is 0 Å². The monoisotopic (exact) mass is 529 g/mol. The molecule has 1 unspecified atom stereocenters. The fraction of sp³-hybridized carbons (Fsp3) is 0.258. The zero-order valence-electron chi connectivity index (χ0n) is 21.8. The number of nitrogens with zero attached hydrogens (tertiary/aromatic N) is 1. The van der Waals surface area contributed by atoms with Crippen molar-refractivity contribution in [2.24, 2.45) is 0 Å². The summed E-state index contributed by atoms with van der Waals surface area (Å²) in [5, 5.41) is 3.94. The molecule has 0 aliphatic heterocycles. The van der Waals surface area contributed by atoms with E-state index in [1.807, 2.05) is 91.9 Å². The molecule has 1 saturated carbocycles. The van der Waals surface area contributed by atoms with Crippen LogP contribution in [0.1, 0.15) is 41.4 Å². The van der Waals surface area contributed by atoms with Gasteiger partial charge in [0.15, 0.2) is 11.5 Å². The molecular formula is C31H31NO5S. The summed E-state index contributed by atoms with van der Waals surface area (Å²) in [6.45, 7) is 3.92. The van der Waals surface area contributed by atoms with Gasteiger partial charge in [0.05, 0.1) is 29.0 Å². The van der Waals surface area contributed by atoms with Gasteiger partial charge in [-0.3, -0.25) is 13.8 Å². The predicted octanol–water partition coefficient (Wildman–Crippen LogP) is 6.16. The van der Waals surface area contributed by atoms with E-state index in [2.05, 4.69) is 5.16 Å². The Bertz CT molecular complexity index is 1380. The van der Waals surface area contributed by atoms with Gasteiger partial charge >= 0.3 is 5.97 Å². The molecule has 1 aliphatic rings. The first kappa shape index (κ1) is 27.2. The molecule has 196 valence electrons. The number of benzene rings is 3. The molecule has 0 bridgehead atoms. The zero-order valence-corrected chi connectivity index (χ0v) is 22.6. The number of carbonyl (C=O) groups excluding carboxylic acids is 2. The number of carbonyl (C=O) groups is 2. The molecule has 0 saturated heterocycles. The van der Waals surface area contributed by atoms with Gasteiger partial charge in [-0.25, -0.2) is 0 Å². The van der Waals surface area contributed by atoms with Crippen molar-refractivity contribution in [3.63, 3.8) is 0 Å². The lowest BCUT2D eigenvalue weighted by atomic mass is 9.93. The first-order valence-corrected chi connectivity index (χ1v) is 14.3. The van der Waals surface area contributed by atoms with E-state index in [-0.39, 0.29) is 17.5 Å². The number of hydrogen-bond donors (Lipinski definition) is 0. The van der Waals surface area contributed by atoms with Crippen LogP contribution >= 0.6 is 0 Å². The smallest absolute Gasteiger partial charge is 0.316 e. The summed E-state index contributed by atoms with van der Waals surface area (Å²) in [4.78, 5) is 24.8. The van der Waals surface area contributed by atoms with E-state index < -0.39 is 16.2 Å². The highest BCUT2D eigenvalue weighted by molar-refractivity contribution is 7.85. The summed E-state index contributed by atoms with van der Waals surface area (Å²) >= 11 is 0. The summed E-state index contributed by atoms with van der Waals surface area (Å²) in [5.41, 5.74) is 4.14. The minimum atomic E-state index is -1.24. The molecule has 1 heterocycles. The van der Waals surface area contributed by atoms with Crippen LogP contribution in [0.4, 0.5) is 0 Å². The van der Waals surface area contributed by atoms with Gasteiger partial charge in [0, 0.05) is 22.6 Å². The summed E-state index contributed by atoms with van der Waals surface area (Å²) in [5.74, 6) is -0.0521. The molecule has 1 aliphatic carbocycles. The van der Waals surface area contributed by atoms with Crippen LogP contribution in [-0.4, -0.2) is 39.7 Å². The van der Waals surface area contributed by atoms with Crippen molar-refractivity contribution >= 4 is 22.6 Å². The van der Waals surface area contributed by atoms with Crippen molar-refractivity contribution in [1.82, 2.24) is 5.16 Å². The van der Waals surface area contributed by atoms with E-state index in [9.17, 15) is 13.8 Å². The molecule has 0 spiro atoms. The lowest BCUT2D eigenvalue weighted by Gasteiger charge is -2.14. The van der Waals surface area contributed by atoms with E-state index in [0.717, 1.165) is 35.1 Å². The Morgan fingerprint density at radius 3 is 1.87 bits per heavy atom. The largest absolute Gasteiger partial charge is 0.465 e. The van der Waals surface area contributed by atoms with E-state index in [1.165, 1.54) is 6.26 Å². The molecule has 4 aromatic rings. The Balaban J connectivity index is 0.000000494. The first-order valence-electron chi connectivity index (χ1n) is 12.5. The lowest BCUT2D eigenvalue weighted by molar-refractivity contribution is -0.146. The number of hydrogen-bond acceptors (Lipinski definition) is 6. The first-order chi connectivity index (χ1) is 18.4. The second kappa shape index (κ2) is 12.1. The Kier molecular flexibility index (Phi) is 8.69. The maximum atomic E-state index is 12.5. The zero-order chi connectivity index (χ0) is 27.1. The third-order valence-corrected chi connectivity index (χ3v) is 7.15. The SMILES string of the molecule is CCOC(=O)C1(c2ccc(-c3ccc(-c4onc(C)c4C(=O)CS(C)=O)cc3)cc2)CC1.c1ccccc1. The fourth-order valence-electron chi connectivity index (χ4n) is 4.34. The average molecular weight is 530 g/mol. The molecular weight excluding hydrogens is 498 g/mol. The van der Waals surface area contributed by atoms with E-state index in [0.29, 0.717) is 23.6 Å². The van der Waals surface area contributed by atoms with Crippen molar-refractivity contribution in [3.05, 3.63) is 102 Å². The molecule has 1 fully saturated rings. The van der Waals surface area contributed by atoms with Gasteiger partial charge in [0.25, 0.3) is 0 Å². The second-order valence-corrected chi connectivity index (χ2v) is 10.7. The van der Waals surface area contributed by atoms with Crippen molar-refractivity contribution in [2.75, 3.05) is 18.6 Å². The average Bonchev–Trinajstić information content (AvgIpc) is 3.66. The van der Waals surface area contributed by atoms with Gasteiger partial charge < -0.3 is 9.26 Å².